The van der Waals surface area contributed by atoms with Gasteiger partial charge >= 0.3 is 22.5 Å². The molecule has 0 aliphatic carbocycles. The van der Waals surface area contributed by atoms with E-state index in [1.165, 1.54) is 30.3 Å². The van der Waals surface area contributed by atoms with E-state index in [1.54, 1.807) is 0 Å². The molecular formula is C17H14F3NO7S. The first-order valence-electron chi connectivity index (χ1n) is 7.82. The van der Waals surface area contributed by atoms with E-state index < -0.39 is 45.7 Å². The Hall–Kier alpha value is -3.12. The monoisotopic (exact) mass is 433 g/mol. The molecule has 0 bridgehead atoms. The fourth-order valence-electron chi connectivity index (χ4n) is 2.20. The second kappa shape index (κ2) is 8.49. The standard InChI is InChI=1S/C17H14F3NO7S/c1-10(16(23)28-29(24,25)26)27-12-6-4-5-11(9-12)21-15(22)13-7-2-3-8-14(13)17(18,19)20/h2-10H,1H3,(H,21,22)(H,24,25,26). The van der Waals surface area contributed by atoms with Crippen LogP contribution in [0, 0.1) is 0 Å². The molecule has 2 N–H and O–H groups in total. The molecule has 12 heteroatoms. The maximum absolute atomic E-state index is 13.0. The number of halogens is 3. The van der Waals surface area contributed by atoms with E-state index in [9.17, 15) is 31.2 Å². The first kappa shape index (κ1) is 22.2. The lowest BCUT2D eigenvalue weighted by Crippen LogP contribution is -2.28. The van der Waals surface area contributed by atoms with Crippen LogP contribution in [-0.4, -0.2) is 31.0 Å². The predicted molar refractivity (Wildman–Crippen MR) is 93.6 cm³/mol. The van der Waals surface area contributed by atoms with Gasteiger partial charge in [-0.25, -0.2) is 4.79 Å². The number of carbonyl (C=O) groups is 2. The lowest BCUT2D eigenvalue weighted by Gasteiger charge is -2.15. The summed E-state index contributed by atoms with van der Waals surface area (Å²) in [6.45, 7) is 1.14. The number of benzene rings is 2. The Kier molecular flexibility index (Phi) is 6.49. The Morgan fingerprint density at radius 1 is 1.10 bits per heavy atom. The van der Waals surface area contributed by atoms with Gasteiger partial charge in [-0.1, -0.05) is 18.2 Å². The van der Waals surface area contributed by atoms with Crippen molar-refractivity contribution in [2.24, 2.45) is 0 Å². The SMILES string of the molecule is CC(Oc1cccc(NC(=O)c2ccccc2C(F)(F)F)c1)C(=O)OS(=O)(=O)O. The zero-order chi connectivity index (χ0) is 21.8. The molecule has 8 nitrogen and oxygen atoms in total. The van der Waals surface area contributed by atoms with Gasteiger partial charge in [-0.15, -0.1) is 0 Å². The van der Waals surface area contributed by atoms with Crippen LogP contribution in [0.3, 0.4) is 0 Å². The van der Waals surface area contributed by atoms with Gasteiger partial charge in [-0.05, 0) is 31.2 Å². The van der Waals surface area contributed by atoms with Crippen LogP contribution in [-0.2, 0) is 25.6 Å². The molecule has 0 saturated carbocycles. The first-order chi connectivity index (χ1) is 13.4. The molecule has 29 heavy (non-hydrogen) atoms. The topological polar surface area (TPSA) is 119 Å². The lowest BCUT2D eigenvalue weighted by molar-refractivity contribution is -0.141. The predicted octanol–water partition coefficient (Wildman–Crippen LogP) is 3.07. The number of alkyl halides is 3. The molecule has 0 radical (unpaired) electrons. The van der Waals surface area contributed by atoms with Crippen molar-refractivity contribution in [1.82, 2.24) is 0 Å². The van der Waals surface area contributed by atoms with Crippen LogP contribution in [0.15, 0.2) is 48.5 Å². The van der Waals surface area contributed by atoms with Crippen molar-refractivity contribution >= 4 is 28.0 Å². The maximum atomic E-state index is 13.0. The highest BCUT2D eigenvalue weighted by Crippen LogP contribution is 2.32. The van der Waals surface area contributed by atoms with Gasteiger partial charge in [-0.2, -0.15) is 21.6 Å². The number of ether oxygens (including phenoxy) is 1. The largest absolute Gasteiger partial charge is 0.479 e. The van der Waals surface area contributed by atoms with Gasteiger partial charge in [-0.3, -0.25) is 9.35 Å². The van der Waals surface area contributed by atoms with Crippen molar-refractivity contribution in [1.29, 1.82) is 0 Å². The van der Waals surface area contributed by atoms with Gasteiger partial charge in [0.1, 0.15) is 5.75 Å². The van der Waals surface area contributed by atoms with Crippen LogP contribution < -0.4 is 10.1 Å². The fourth-order valence-corrected chi connectivity index (χ4v) is 2.54. The molecular weight excluding hydrogens is 419 g/mol. The Balaban J connectivity index is 2.15. The second-order valence-corrected chi connectivity index (χ2v) is 6.64. The van der Waals surface area contributed by atoms with E-state index >= 15 is 0 Å². The normalized spacial score (nSPS) is 12.7. The summed E-state index contributed by atoms with van der Waals surface area (Å²) < 4.78 is 77.6. The van der Waals surface area contributed by atoms with Gasteiger partial charge in [0.2, 0.25) is 0 Å². The molecule has 0 spiro atoms. The average Bonchev–Trinajstić information content (AvgIpc) is 2.59. The molecule has 0 heterocycles. The summed E-state index contributed by atoms with van der Waals surface area (Å²) in [6.07, 6.45) is -6.17. The number of amides is 1. The number of hydrogen-bond acceptors (Lipinski definition) is 6. The first-order valence-corrected chi connectivity index (χ1v) is 9.18. The number of nitrogens with one attached hydrogen (secondary N) is 1. The Morgan fingerprint density at radius 2 is 1.76 bits per heavy atom. The minimum atomic E-state index is -5.01. The molecule has 1 atom stereocenters. The third kappa shape index (κ3) is 6.47. The number of rotatable bonds is 6. The molecule has 1 amide bonds. The molecule has 0 aliphatic rings. The van der Waals surface area contributed by atoms with Crippen molar-refractivity contribution in [2.75, 3.05) is 5.32 Å². The van der Waals surface area contributed by atoms with Crippen LogP contribution in [0.1, 0.15) is 22.8 Å². The molecule has 1 unspecified atom stereocenters. The summed E-state index contributed by atoms with van der Waals surface area (Å²) in [4.78, 5) is 23.7. The third-order valence-electron chi connectivity index (χ3n) is 3.40. The molecule has 0 aromatic heterocycles. The number of anilines is 1. The van der Waals surface area contributed by atoms with Crippen molar-refractivity contribution in [3.63, 3.8) is 0 Å². The Labute approximate surface area is 163 Å². The summed E-state index contributed by atoms with van der Waals surface area (Å²) in [5.74, 6) is -2.44. The summed E-state index contributed by atoms with van der Waals surface area (Å²) in [5, 5.41) is 2.28. The van der Waals surface area contributed by atoms with Gasteiger partial charge in [0, 0.05) is 11.8 Å². The van der Waals surface area contributed by atoms with E-state index in [1.807, 2.05) is 0 Å². The van der Waals surface area contributed by atoms with E-state index in [-0.39, 0.29) is 11.4 Å². The number of carbonyl (C=O) groups excluding carboxylic acids is 2. The highest BCUT2D eigenvalue weighted by molar-refractivity contribution is 7.81. The van der Waals surface area contributed by atoms with E-state index in [0.29, 0.717) is 0 Å². The molecule has 0 saturated heterocycles. The van der Waals surface area contributed by atoms with Crippen molar-refractivity contribution < 1.29 is 44.7 Å². The summed E-state index contributed by atoms with van der Waals surface area (Å²) in [6, 6.07) is 9.52. The number of hydrogen-bond donors (Lipinski definition) is 2. The minimum absolute atomic E-state index is 0.0216. The fraction of sp³-hybridized carbons (Fsp3) is 0.176. The summed E-state index contributed by atoms with van der Waals surface area (Å²) in [7, 11) is -5.01. The van der Waals surface area contributed by atoms with Crippen LogP contribution in [0.25, 0.3) is 0 Å². The summed E-state index contributed by atoms with van der Waals surface area (Å²) in [5.41, 5.74) is -1.64. The van der Waals surface area contributed by atoms with Gasteiger partial charge in [0.25, 0.3) is 5.91 Å². The maximum Gasteiger partial charge on any atom is 0.449 e. The molecule has 156 valence electrons. The van der Waals surface area contributed by atoms with Crippen LogP contribution >= 0.6 is 0 Å². The van der Waals surface area contributed by atoms with Crippen LogP contribution in [0.4, 0.5) is 18.9 Å². The molecule has 2 aromatic rings. The van der Waals surface area contributed by atoms with Crippen molar-refractivity contribution in [2.45, 2.75) is 19.2 Å². The van der Waals surface area contributed by atoms with Crippen molar-refractivity contribution in [3.8, 4) is 5.75 Å². The Bertz CT molecular complexity index is 1020. The quantitative estimate of drug-likeness (QED) is 0.672. The average molecular weight is 433 g/mol. The van der Waals surface area contributed by atoms with Gasteiger partial charge in [0.15, 0.2) is 6.10 Å². The van der Waals surface area contributed by atoms with E-state index in [2.05, 4.69) is 9.50 Å². The van der Waals surface area contributed by atoms with Gasteiger partial charge < -0.3 is 14.2 Å². The lowest BCUT2D eigenvalue weighted by atomic mass is 10.1. The molecule has 0 aliphatic heterocycles. The highest BCUT2D eigenvalue weighted by atomic mass is 32.3. The third-order valence-corrected chi connectivity index (χ3v) is 3.78. The molecule has 0 fully saturated rings. The summed E-state index contributed by atoms with van der Waals surface area (Å²) >= 11 is 0. The van der Waals surface area contributed by atoms with Gasteiger partial charge in [0.05, 0.1) is 11.1 Å². The van der Waals surface area contributed by atoms with Crippen LogP contribution in [0.5, 0.6) is 5.75 Å². The molecule has 2 rings (SSSR count). The van der Waals surface area contributed by atoms with E-state index in [0.717, 1.165) is 25.1 Å². The highest BCUT2D eigenvalue weighted by Gasteiger charge is 2.34. The minimum Gasteiger partial charge on any atom is -0.479 e. The smallest absolute Gasteiger partial charge is 0.449 e. The van der Waals surface area contributed by atoms with Crippen molar-refractivity contribution in [3.05, 3.63) is 59.7 Å². The Morgan fingerprint density at radius 3 is 2.38 bits per heavy atom. The zero-order valence-corrected chi connectivity index (χ0v) is 15.5. The van der Waals surface area contributed by atoms with E-state index in [4.69, 9.17) is 9.29 Å². The second-order valence-electron chi connectivity index (χ2n) is 5.62. The molecule has 2 aromatic carbocycles. The zero-order valence-electron chi connectivity index (χ0n) is 14.6. The van der Waals surface area contributed by atoms with Crippen LogP contribution in [0.2, 0.25) is 0 Å².